The Morgan fingerprint density at radius 1 is 1.33 bits per heavy atom. The van der Waals surface area contributed by atoms with E-state index in [0.717, 1.165) is 5.69 Å². The number of nitrogens with zero attached hydrogens (tertiary/aromatic N) is 3. The van der Waals surface area contributed by atoms with Crippen LogP contribution in [-0.4, -0.2) is 26.8 Å². The van der Waals surface area contributed by atoms with Gasteiger partial charge in [0.1, 0.15) is 0 Å². The Labute approximate surface area is 124 Å². The average Bonchev–Trinajstić information content (AvgIpc) is 2.47. The van der Waals surface area contributed by atoms with E-state index in [1.54, 1.807) is 23.4 Å². The van der Waals surface area contributed by atoms with Crippen LogP contribution in [0.3, 0.4) is 0 Å². The first kappa shape index (κ1) is 15.0. The average molecular weight is 284 g/mol. The highest BCUT2D eigenvalue weighted by Crippen LogP contribution is 2.16. The molecule has 1 amide bonds. The van der Waals surface area contributed by atoms with Crippen LogP contribution in [-0.2, 0) is 6.54 Å². The fraction of sp³-hybridized carbons (Fsp3) is 0.312. The Morgan fingerprint density at radius 2 is 2.10 bits per heavy atom. The van der Waals surface area contributed by atoms with Crippen molar-refractivity contribution in [2.75, 3.05) is 5.73 Å². The molecule has 0 aliphatic rings. The third-order valence-electron chi connectivity index (χ3n) is 3.28. The quantitative estimate of drug-likeness (QED) is 0.936. The lowest BCUT2D eigenvalue weighted by atomic mass is 10.1. The molecule has 21 heavy (non-hydrogen) atoms. The standard InChI is InChI=1S/C16H20N4O/c1-11(2)20(10-14-6-4-5-7-18-14)16(21)15-8-13(17)9-19-12(15)3/h4-9,11H,10,17H2,1-3H3. The highest BCUT2D eigenvalue weighted by Gasteiger charge is 2.21. The first-order chi connectivity index (χ1) is 9.99. The molecule has 5 heteroatoms. The molecule has 2 aromatic heterocycles. The molecule has 2 aromatic rings. The number of carbonyl (C=O) groups excluding carboxylic acids is 1. The Balaban J connectivity index is 2.30. The lowest BCUT2D eigenvalue weighted by Gasteiger charge is -2.27. The number of aryl methyl sites for hydroxylation is 1. The van der Waals surface area contributed by atoms with Gasteiger partial charge in [-0.2, -0.15) is 0 Å². The van der Waals surface area contributed by atoms with Crippen molar-refractivity contribution in [2.45, 2.75) is 33.4 Å². The predicted molar refractivity (Wildman–Crippen MR) is 82.6 cm³/mol. The minimum Gasteiger partial charge on any atom is -0.397 e. The van der Waals surface area contributed by atoms with Crippen LogP contribution in [0.15, 0.2) is 36.7 Å². The molecule has 0 aromatic carbocycles. The van der Waals surface area contributed by atoms with Crippen LogP contribution in [0.5, 0.6) is 0 Å². The summed E-state index contributed by atoms with van der Waals surface area (Å²) in [5.74, 6) is -0.0760. The van der Waals surface area contributed by atoms with Crippen molar-refractivity contribution in [3.8, 4) is 0 Å². The van der Waals surface area contributed by atoms with Crippen molar-refractivity contribution in [3.05, 3.63) is 53.6 Å². The molecule has 0 bridgehead atoms. The van der Waals surface area contributed by atoms with E-state index in [9.17, 15) is 4.79 Å². The molecule has 0 saturated heterocycles. The van der Waals surface area contributed by atoms with Crippen LogP contribution >= 0.6 is 0 Å². The molecule has 0 fully saturated rings. The van der Waals surface area contributed by atoms with E-state index in [0.29, 0.717) is 23.5 Å². The van der Waals surface area contributed by atoms with Gasteiger partial charge in [-0.15, -0.1) is 0 Å². The molecule has 2 N–H and O–H groups in total. The number of hydrogen-bond donors (Lipinski definition) is 1. The van der Waals surface area contributed by atoms with Crippen LogP contribution in [0, 0.1) is 6.92 Å². The molecule has 2 rings (SSSR count). The maximum Gasteiger partial charge on any atom is 0.256 e. The van der Waals surface area contributed by atoms with Gasteiger partial charge >= 0.3 is 0 Å². The summed E-state index contributed by atoms with van der Waals surface area (Å²) in [5, 5.41) is 0. The molecule has 0 aliphatic carbocycles. The molecule has 0 radical (unpaired) electrons. The second-order valence-electron chi connectivity index (χ2n) is 5.25. The van der Waals surface area contributed by atoms with Crippen LogP contribution in [0.4, 0.5) is 5.69 Å². The van der Waals surface area contributed by atoms with Gasteiger partial charge in [-0.25, -0.2) is 0 Å². The monoisotopic (exact) mass is 284 g/mol. The smallest absolute Gasteiger partial charge is 0.256 e. The van der Waals surface area contributed by atoms with Crippen LogP contribution in [0.25, 0.3) is 0 Å². The van der Waals surface area contributed by atoms with Crippen molar-refractivity contribution < 1.29 is 4.79 Å². The van der Waals surface area contributed by atoms with Gasteiger partial charge in [-0.05, 0) is 39.0 Å². The highest BCUT2D eigenvalue weighted by atomic mass is 16.2. The maximum absolute atomic E-state index is 12.8. The van der Waals surface area contributed by atoms with Crippen molar-refractivity contribution in [1.82, 2.24) is 14.9 Å². The molecule has 0 saturated carbocycles. The molecule has 0 unspecified atom stereocenters. The van der Waals surface area contributed by atoms with E-state index in [1.165, 1.54) is 0 Å². The fourth-order valence-corrected chi connectivity index (χ4v) is 2.08. The number of rotatable bonds is 4. The van der Waals surface area contributed by atoms with Gasteiger partial charge in [0.05, 0.1) is 35.4 Å². The molecule has 110 valence electrons. The highest BCUT2D eigenvalue weighted by molar-refractivity contribution is 5.96. The van der Waals surface area contributed by atoms with Crippen molar-refractivity contribution in [3.63, 3.8) is 0 Å². The second kappa shape index (κ2) is 6.35. The van der Waals surface area contributed by atoms with Gasteiger partial charge in [0, 0.05) is 12.2 Å². The number of aromatic nitrogens is 2. The minimum atomic E-state index is -0.0760. The number of anilines is 1. The third kappa shape index (κ3) is 3.56. The first-order valence-corrected chi connectivity index (χ1v) is 6.92. The topological polar surface area (TPSA) is 72.1 Å². The van der Waals surface area contributed by atoms with Gasteiger partial charge < -0.3 is 10.6 Å². The van der Waals surface area contributed by atoms with E-state index >= 15 is 0 Å². The lowest BCUT2D eigenvalue weighted by Crippen LogP contribution is -2.37. The lowest BCUT2D eigenvalue weighted by molar-refractivity contribution is 0.0686. The minimum absolute atomic E-state index is 0.0559. The van der Waals surface area contributed by atoms with Gasteiger partial charge in [-0.1, -0.05) is 6.07 Å². The predicted octanol–water partition coefficient (Wildman–Crippen LogP) is 2.42. The maximum atomic E-state index is 12.8. The number of nitrogens with two attached hydrogens (primary N) is 1. The number of pyridine rings is 2. The second-order valence-corrected chi connectivity index (χ2v) is 5.25. The Hall–Kier alpha value is -2.43. The molecule has 0 aliphatic heterocycles. The SMILES string of the molecule is Cc1ncc(N)cc1C(=O)N(Cc1ccccn1)C(C)C. The Kier molecular flexibility index (Phi) is 4.52. The molecule has 2 heterocycles. The summed E-state index contributed by atoms with van der Waals surface area (Å²) >= 11 is 0. The van der Waals surface area contributed by atoms with E-state index < -0.39 is 0 Å². The summed E-state index contributed by atoms with van der Waals surface area (Å²) in [5.41, 5.74) is 8.32. The van der Waals surface area contributed by atoms with Crippen molar-refractivity contribution >= 4 is 11.6 Å². The zero-order valence-corrected chi connectivity index (χ0v) is 12.6. The Bertz CT molecular complexity index is 625. The largest absolute Gasteiger partial charge is 0.397 e. The van der Waals surface area contributed by atoms with Gasteiger partial charge in [-0.3, -0.25) is 14.8 Å². The van der Waals surface area contributed by atoms with E-state index in [1.807, 2.05) is 39.0 Å². The summed E-state index contributed by atoms with van der Waals surface area (Å²) in [4.78, 5) is 23.0. The van der Waals surface area contributed by atoms with Crippen LogP contribution < -0.4 is 5.73 Å². The normalized spacial score (nSPS) is 10.7. The summed E-state index contributed by atoms with van der Waals surface area (Å²) in [7, 11) is 0. The van der Waals surface area contributed by atoms with Gasteiger partial charge in [0.2, 0.25) is 0 Å². The zero-order chi connectivity index (χ0) is 15.4. The first-order valence-electron chi connectivity index (χ1n) is 6.92. The van der Waals surface area contributed by atoms with E-state index in [4.69, 9.17) is 5.73 Å². The molecule has 0 spiro atoms. The molecule has 0 atom stereocenters. The van der Waals surface area contributed by atoms with Crippen molar-refractivity contribution in [2.24, 2.45) is 0 Å². The summed E-state index contributed by atoms with van der Waals surface area (Å²) in [6.07, 6.45) is 3.29. The summed E-state index contributed by atoms with van der Waals surface area (Å²) in [6, 6.07) is 7.42. The number of carbonyl (C=O) groups is 1. The summed E-state index contributed by atoms with van der Waals surface area (Å²) in [6.45, 7) is 6.24. The number of hydrogen-bond acceptors (Lipinski definition) is 4. The summed E-state index contributed by atoms with van der Waals surface area (Å²) < 4.78 is 0. The molecular weight excluding hydrogens is 264 g/mol. The molecular formula is C16H20N4O. The van der Waals surface area contributed by atoms with E-state index in [-0.39, 0.29) is 11.9 Å². The number of nitrogen functional groups attached to an aromatic ring is 1. The third-order valence-corrected chi connectivity index (χ3v) is 3.28. The zero-order valence-electron chi connectivity index (χ0n) is 12.6. The van der Waals surface area contributed by atoms with Crippen LogP contribution in [0.2, 0.25) is 0 Å². The Morgan fingerprint density at radius 3 is 2.71 bits per heavy atom. The molecule has 5 nitrogen and oxygen atoms in total. The van der Waals surface area contributed by atoms with Crippen molar-refractivity contribution in [1.29, 1.82) is 0 Å². The van der Waals surface area contributed by atoms with Gasteiger partial charge in [0.25, 0.3) is 5.91 Å². The van der Waals surface area contributed by atoms with Gasteiger partial charge in [0.15, 0.2) is 0 Å². The fourth-order valence-electron chi connectivity index (χ4n) is 2.08. The number of amides is 1. The van der Waals surface area contributed by atoms with Crippen LogP contribution in [0.1, 0.15) is 35.6 Å². The van der Waals surface area contributed by atoms with E-state index in [2.05, 4.69) is 9.97 Å².